The van der Waals surface area contributed by atoms with Gasteiger partial charge in [0, 0.05) is 23.6 Å². The summed E-state index contributed by atoms with van der Waals surface area (Å²) >= 11 is 3.49. The first kappa shape index (κ1) is 16.2. The first-order chi connectivity index (χ1) is 12.3. The Balaban J connectivity index is 1.39. The Morgan fingerprint density at radius 1 is 0.960 bits per heavy atom. The quantitative estimate of drug-likeness (QED) is 0.665. The van der Waals surface area contributed by atoms with Gasteiger partial charge >= 0.3 is 0 Å². The van der Waals surface area contributed by atoms with Gasteiger partial charge < -0.3 is 9.88 Å². The largest absolute Gasteiger partial charge is 0.367 e. The molecule has 0 bridgehead atoms. The average molecular weight is 394 g/mol. The van der Waals surface area contributed by atoms with Gasteiger partial charge in [-0.2, -0.15) is 0 Å². The standard InChI is InChI=1S/C21H20BrN3/c22-18-9-6-17(7-10-18)14-25-13-12-19-20(15-25)24-21(23-19)11-8-16-4-2-1-3-5-16/h1-7,9-10,12-13H,8,11,14-15H2,(H,23,24). The molecule has 0 atom stereocenters. The third-order valence-corrected chi connectivity index (χ3v) is 4.99. The van der Waals surface area contributed by atoms with Crippen molar-refractivity contribution in [3.8, 4) is 0 Å². The van der Waals surface area contributed by atoms with Crippen molar-refractivity contribution in [1.29, 1.82) is 0 Å². The molecule has 0 amide bonds. The summed E-state index contributed by atoms with van der Waals surface area (Å²) in [6.07, 6.45) is 6.21. The Hall–Kier alpha value is -2.33. The zero-order valence-corrected chi connectivity index (χ0v) is 15.5. The number of fused-ring (bicyclic) bond motifs is 1. The van der Waals surface area contributed by atoms with Crippen molar-refractivity contribution in [2.45, 2.75) is 25.9 Å². The van der Waals surface area contributed by atoms with Crippen molar-refractivity contribution in [3.05, 3.63) is 93.6 Å². The van der Waals surface area contributed by atoms with Crippen molar-refractivity contribution in [2.75, 3.05) is 0 Å². The molecule has 0 saturated heterocycles. The highest BCUT2D eigenvalue weighted by Crippen LogP contribution is 2.21. The molecule has 126 valence electrons. The molecule has 2 aromatic carbocycles. The van der Waals surface area contributed by atoms with Crippen LogP contribution in [0.25, 0.3) is 6.08 Å². The van der Waals surface area contributed by atoms with Crippen LogP contribution in [0.3, 0.4) is 0 Å². The second-order valence-electron chi connectivity index (χ2n) is 6.38. The second-order valence-corrected chi connectivity index (χ2v) is 7.30. The van der Waals surface area contributed by atoms with Gasteiger partial charge in [-0.05, 0) is 35.8 Å². The Morgan fingerprint density at radius 3 is 2.56 bits per heavy atom. The van der Waals surface area contributed by atoms with Crippen LogP contribution in [0, 0.1) is 0 Å². The van der Waals surface area contributed by atoms with E-state index in [-0.39, 0.29) is 0 Å². The summed E-state index contributed by atoms with van der Waals surface area (Å²) in [5, 5.41) is 0. The maximum absolute atomic E-state index is 4.74. The van der Waals surface area contributed by atoms with E-state index in [2.05, 4.69) is 92.7 Å². The zero-order chi connectivity index (χ0) is 17.1. The fourth-order valence-electron chi connectivity index (χ4n) is 3.13. The molecule has 4 heteroatoms. The second kappa shape index (κ2) is 7.28. The lowest BCUT2D eigenvalue weighted by molar-refractivity contribution is 0.355. The maximum Gasteiger partial charge on any atom is 0.107 e. The molecule has 25 heavy (non-hydrogen) atoms. The van der Waals surface area contributed by atoms with Crippen LogP contribution in [-0.2, 0) is 25.9 Å². The molecule has 3 nitrogen and oxygen atoms in total. The van der Waals surface area contributed by atoms with E-state index in [1.807, 2.05) is 0 Å². The molecule has 1 aromatic heterocycles. The van der Waals surface area contributed by atoms with Gasteiger partial charge in [0.1, 0.15) is 5.82 Å². The number of benzene rings is 2. The maximum atomic E-state index is 4.74. The Bertz CT molecular complexity index is 866. The summed E-state index contributed by atoms with van der Waals surface area (Å²) in [5.74, 6) is 1.07. The molecule has 1 N–H and O–H groups in total. The van der Waals surface area contributed by atoms with Crippen molar-refractivity contribution in [3.63, 3.8) is 0 Å². The Labute approximate surface area is 156 Å². The number of rotatable bonds is 5. The van der Waals surface area contributed by atoms with Gasteiger partial charge in [-0.25, -0.2) is 4.98 Å². The lowest BCUT2D eigenvalue weighted by Crippen LogP contribution is -2.19. The van der Waals surface area contributed by atoms with E-state index in [0.29, 0.717) is 0 Å². The number of hydrogen-bond acceptors (Lipinski definition) is 2. The van der Waals surface area contributed by atoms with E-state index in [1.165, 1.54) is 16.8 Å². The highest BCUT2D eigenvalue weighted by Gasteiger charge is 2.15. The third-order valence-electron chi connectivity index (χ3n) is 4.46. The number of aryl methyl sites for hydroxylation is 2. The number of H-pyrrole nitrogens is 1. The highest BCUT2D eigenvalue weighted by molar-refractivity contribution is 9.10. The minimum absolute atomic E-state index is 0.875. The van der Waals surface area contributed by atoms with Crippen molar-refractivity contribution >= 4 is 22.0 Å². The van der Waals surface area contributed by atoms with Crippen LogP contribution in [0.5, 0.6) is 0 Å². The third kappa shape index (κ3) is 4.02. The molecule has 0 aliphatic carbocycles. The molecular weight excluding hydrogens is 374 g/mol. The summed E-state index contributed by atoms with van der Waals surface area (Å²) in [7, 11) is 0. The number of nitrogens with one attached hydrogen (secondary N) is 1. The van der Waals surface area contributed by atoms with Crippen LogP contribution >= 0.6 is 15.9 Å². The molecule has 0 fully saturated rings. The van der Waals surface area contributed by atoms with Gasteiger partial charge in [0.25, 0.3) is 0 Å². The number of aromatic amines is 1. The van der Waals surface area contributed by atoms with Gasteiger partial charge in [-0.1, -0.05) is 58.4 Å². The number of aromatic nitrogens is 2. The molecule has 0 spiro atoms. The lowest BCUT2D eigenvalue weighted by atomic mass is 10.1. The number of halogens is 1. The minimum atomic E-state index is 0.875. The molecule has 1 aliphatic rings. The van der Waals surface area contributed by atoms with Gasteiger partial charge in [-0.15, -0.1) is 0 Å². The Kier molecular flexibility index (Phi) is 4.70. The summed E-state index contributed by atoms with van der Waals surface area (Å²) < 4.78 is 1.12. The molecule has 0 saturated carbocycles. The molecular formula is C21H20BrN3. The molecule has 2 heterocycles. The smallest absolute Gasteiger partial charge is 0.107 e. The van der Waals surface area contributed by atoms with E-state index >= 15 is 0 Å². The van der Waals surface area contributed by atoms with Crippen LogP contribution in [0.15, 0.2) is 65.3 Å². The molecule has 0 unspecified atom stereocenters. The van der Waals surface area contributed by atoms with E-state index in [9.17, 15) is 0 Å². The predicted molar refractivity (Wildman–Crippen MR) is 105 cm³/mol. The van der Waals surface area contributed by atoms with Gasteiger partial charge in [0.05, 0.1) is 17.9 Å². The van der Waals surface area contributed by atoms with Gasteiger partial charge in [0.15, 0.2) is 0 Å². The first-order valence-electron chi connectivity index (χ1n) is 8.55. The normalized spacial score (nSPS) is 13.1. The fourth-order valence-corrected chi connectivity index (χ4v) is 3.39. The van der Waals surface area contributed by atoms with Crippen LogP contribution in [0.4, 0.5) is 0 Å². The molecule has 0 radical (unpaired) electrons. The van der Waals surface area contributed by atoms with Crippen LogP contribution in [0.2, 0.25) is 0 Å². The number of nitrogens with zero attached hydrogens (tertiary/aromatic N) is 2. The van der Waals surface area contributed by atoms with E-state index < -0.39 is 0 Å². The van der Waals surface area contributed by atoms with E-state index in [0.717, 1.165) is 41.9 Å². The van der Waals surface area contributed by atoms with Crippen LogP contribution in [-0.4, -0.2) is 14.9 Å². The highest BCUT2D eigenvalue weighted by atomic mass is 79.9. The first-order valence-corrected chi connectivity index (χ1v) is 9.34. The summed E-state index contributed by atoms with van der Waals surface area (Å²) in [6, 6.07) is 19.1. The molecule has 4 rings (SSSR count). The van der Waals surface area contributed by atoms with E-state index in [1.54, 1.807) is 0 Å². The average Bonchev–Trinajstić information content (AvgIpc) is 3.05. The van der Waals surface area contributed by atoms with Crippen LogP contribution in [0.1, 0.15) is 28.3 Å². The summed E-state index contributed by atoms with van der Waals surface area (Å²) in [5.41, 5.74) is 4.95. The fraction of sp³-hybridized carbons (Fsp3) is 0.190. The summed E-state index contributed by atoms with van der Waals surface area (Å²) in [6.45, 7) is 1.78. The lowest BCUT2D eigenvalue weighted by Gasteiger charge is -2.23. The monoisotopic (exact) mass is 393 g/mol. The van der Waals surface area contributed by atoms with E-state index in [4.69, 9.17) is 4.98 Å². The van der Waals surface area contributed by atoms with Crippen molar-refractivity contribution < 1.29 is 0 Å². The topological polar surface area (TPSA) is 31.9 Å². The molecule has 3 aromatic rings. The SMILES string of the molecule is Brc1ccc(CN2C=Cc3nc(CCc4ccccc4)[nH]c3C2)cc1. The molecule has 1 aliphatic heterocycles. The minimum Gasteiger partial charge on any atom is -0.367 e. The van der Waals surface area contributed by atoms with Crippen molar-refractivity contribution in [1.82, 2.24) is 14.9 Å². The van der Waals surface area contributed by atoms with Gasteiger partial charge in [-0.3, -0.25) is 0 Å². The number of hydrogen-bond donors (Lipinski definition) is 1. The van der Waals surface area contributed by atoms with Crippen molar-refractivity contribution in [2.24, 2.45) is 0 Å². The zero-order valence-electron chi connectivity index (χ0n) is 14.0. The van der Waals surface area contributed by atoms with Gasteiger partial charge in [0.2, 0.25) is 0 Å². The Morgan fingerprint density at radius 2 is 1.76 bits per heavy atom. The summed E-state index contributed by atoms with van der Waals surface area (Å²) in [4.78, 5) is 10.6. The number of imidazole rings is 1. The van der Waals surface area contributed by atoms with Crippen LogP contribution < -0.4 is 0 Å². The predicted octanol–water partition coefficient (Wildman–Crippen LogP) is 4.94.